The highest BCUT2D eigenvalue weighted by molar-refractivity contribution is 5.78. The Hall–Kier alpha value is -0.890. The van der Waals surface area contributed by atoms with Gasteiger partial charge in [-0.1, -0.05) is 6.42 Å². The van der Waals surface area contributed by atoms with Crippen LogP contribution in [0.2, 0.25) is 0 Å². The molecule has 11 nitrogen and oxygen atoms in total. The number of ether oxygens (including phenoxy) is 2. The number of piperidine rings is 2. The summed E-state index contributed by atoms with van der Waals surface area (Å²) in [4.78, 5) is 21.1. The van der Waals surface area contributed by atoms with Crippen molar-refractivity contribution in [3.05, 3.63) is 0 Å². The molecule has 2 saturated carbocycles. The number of nitrogens with zero attached hydrogens (tertiary/aromatic N) is 3. The standard InChI is InChI=1S/C34H63N7O4/c1-34(2,3)41-13-11-40(12-14-41)32-17-26(16-31(38-32)37-27-5-4-6-27)33(43)36-18-28(42)21-39-10-9-24-15-29(8-7-25(24)20-39)44-22-30-19-35-23-45-30/h24-32,35,37-38,42H,4-23H2,1-3H3,(H,36,43)/t24?,25?,26?,28-,29?,30?,31?,32?/m0/s1. The third kappa shape index (κ3) is 9.38. The van der Waals surface area contributed by atoms with Crippen LogP contribution in [0, 0.1) is 17.8 Å². The van der Waals surface area contributed by atoms with Crippen molar-refractivity contribution < 1.29 is 19.4 Å². The second-order valence-electron chi connectivity index (χ2n) is 16.0. The molecule has 11 heteroatoms. The molecule has 0 radical (unpaired) electrons. The molecule has 8 atom stereocenters. The van der Waals surface area contributed by atoms with Crippen molar-refractivity contribution in [3.63, 3.8) is 0 Å². The van der Waals surface area contributed by atoms with E-state index >= 15 is 0 Å². The lowest BCUT2D eigenvalue weighted by Crippen LogP contribution is -2.65. The first-order valence-electron chi connectivity index (χ1n) is 18.3. The second-order valence-corrected chi connectivity index (χ2v) is 16.0. The van der Waals surface area contributed by atoms with Crippen LogP contribution in [-0.4, -0.2) is 140 Å². The Labute approximate surface area is 271 Å². The van der Waals surface area contributed by atoms with E-state index in [1.165, 1.54) is 32.1 Å². The van der Waals surface area contributed by atoms with E-state index in [1.54, 1.807) is 0 Å². The summed E-state index contributed by atoms with van der Waals surface area (Å²) in [5.41, 5.74) is 0.191. The van der Waals surface area contributed by atoms with E-state index in [0.29, 0.717) is 50.4 Å². The summed E-state index contributed by atoms with van der Waals surface area (Å²) in [5.74, 6) is 1.45. The zero-order valence-electron chi connectivity index (χ0n) is 28.4. The number of β-amino-alcohol motifs (C(OH)–C–C–N with tert-alkyl or cyclic N) is 1. The maximum absolute atomic E-state index is 13.5. The average Bonchev–Trinajstić information content (AvgIpc) is 3.54. The van der Waals surface area contributed by atoms with E-state index in [0.717, 1.165) is 71.5 Å². The Morgan fingerprint density at radius 1 is 1.02 bits per heavy atom. The number of fused-ring (bicyclic) bond motifs is 1. The van der Waals surface area contributed by atoms with Crippen LogP contribution in [0.5, 0.6) is 0 Å². The fourth-order valence-corrected chi connectivity index (χ4v) is 8.66. The van der Waals surface area contributed by atoms with E-state index in [4.69, 9.17) is 9.47 Å². The molecule has 6 aliphatic rings. The van der Waals surface area contributed by atoms with Gasteiger partial charge in [-0.15, -0.1) is 0 Å². The maximum Gasteiger partial charge on any atom is 0.223 e. The first-order chi connectivity index (χ1) is 21.7. The van der Waals surface area contributed by atoms with Crippen LogP contribution >= 0.6 is 0 Å². The summed E-state index contributed by atoms with van der Waals surface area (Å²) in [7, 11) is 0. The molecule has 45 heavy (non-hydrogen) atoms. The topological polar surface area (TPSA) is 114 Å². The number of likely N-dealkylation sites (tertiary alicyclic amines) is 1. The van der Waals surface area contributed by atoms with Gasteiger partial charge in [-0.25, -0.2) is 0 Å². The maximum atomic E-state index is 13.5. The van der Waals surface area contributed by atoms with Gasteiger partial charge in [-0.05, 0) is 90.5 Å². The molecule has 0 bridgehead atoms. The van der Waals surface area contributed by atoms with Crippen LogP contribution in [0.4, 0.5) is 0 Å². The van der Waals surface area contributed by atoms with Gasteiger partial charge in [0, 0.05) is 69.9 Å². The number of rotatable bonds is 11. The number of carbonyl (C=O) groups is 1. The summed E-state index contributed by atoms with van der Waals surface area (Å²) in [5, 5.41) is 25.1. The van der Waals surface area contributed by atoms with Gasteiger partial charge < -0.3 is 24.8 Å². The van der Waals surface area contributed by atoms with Crippen molar-refractivity contribution in [2.24, 2.45) is 17.8 Å². The largest absolute Gasteiger partial charge is 0.390 e. The van der Waals surface area contributed by atoms with Gasteiger partial charge >= 0.3 is 0 Å². The van der Waals surface area contributed by atoms with E-state index in [-0.39, 0.29) is 35.8 Å². The van der Waals surface area contributed by atoms with Gasteiger partial charge in [0.15, 0.2) is 0 Å². The summed E-state index contributed by atoms with van der Waals surface area (Å²) in [6.07, 6.45) is 10.4. The van der Waals surface area contributed by atoms with Gasteiger partial charge in [0.2, 0.25) is 5.91 Å². The van der Waals surface area contributed by atoms with Crippen LogP contribution in [0.1, 0.15) is 78.6 Å². The molecule has 6 rings (SSSR count). The summed E-state index contributed by atoms with van der Waals surface area (Å²) in [6.45, 7) is 16.3. The van der Waals surface area contributed by atoms with Crippen molar-refractivity contribution in [1.29, 1.82) is 0 Å². The lowest BCUT2D eigenvalue weighted by Gasteiger charge is -2.48. The Kier molecular flexibility index (Phi) is 11.7. The highest BCUT2D eigenvalue weighted by Crippen LogP contribution is 2.37. The lowest BCUT2D eigenvalue weighted by molar-refractivity contribution is -0.128. The van der Waals surface area contributed by atoms with Crippen molar-refractivity contribution in [2.75, 3.05) is 72.2 Å². The predicted molar refractivity (Wildman–Crippen MR) is 175 cm³/mol. The van der Waals surface area contributed by atoms with Crippen LogP contribution in [0.25, 0.3) is 0 Å². The minimum atomic E-state index is -0.544. The first-order valence-corrected chi connectivity index (χ1v) is 18.3. The van der Waals surface area contributed by atoms with Crippen LogP contribution in [0.3, 0.4) is 0 Å². The predicted octanol–water partition coefficient (Wildman–Crippen LogP) is 1.13. The van der Waals surface area contributed by atoms with Gasteiger partial charge in [-0.3, -0.25) is 30.5 Å². The SMILES string of the molecule is CC(C)(C)N1CCN(C2CC(C(=O)NC[C@H](O)CN3CCC4CC(OCC5CNCO5)CCC4C3)CC(NC3CCC3)N2)CC1. The number of aliphatic hydroxyl groups is 1. The molecule has 0 spiro atoms. The van der Waals surface area contributed by atoms with Crippen molar-refractivity contribution in [3.8, 4) is 0 Å². The number of amides is 1. The number of carbonyl (C=O) groups excluding carboxylic acids is 1. The van der Waals surface area contributed by atoms with E-state index in [9.17, 15) is 9.90 Å². The first kappa shape index (κ1) is 34.0. The minimum Gasteiger partial charge on any atom is -0.390 e. The Morgan fingerprint density at radius 2 is 1.84 bits per heavy atom. The minimum absolute atomic E-state index is 0.0497. The van der Waals surface area contributed by atoms with E-state index < -0.39 is 6.10 Å². The normalized spacial score (nSPS) is 36.8. The van der Waals surface area contributed by atoms with Crippen molar-refractivity contribution >= 4 is 5.91 Å². The summed E-state index contributed by atoms with van der Waals surface area (Å²) < 4.78 is 11.9. The highest BCUT2D eigenvalue weighted by Gasteiger charge is 2.39. The van der Waals surface area contributed by atoms with E-state index in [1.807, 2.05) is 0 Å². The van der Waals surface area contributed by atoms with Gasteiger partial charge in [0.1, 0.15) is 0 Å². The fraction of sp³-hybridized carbons (Fsp3) is 0.971. The molecule has 5 N–H and O–H groups in total. The molecular formula is C34H63N7O4. The Bertz CT molecular complexity index is 934. The molecule has 0 aromatic rings. The molecule has 258 valence electrons. The monoisotopic (exact) mass is 633 g/mol. The number of hydrogen-bond donors (Lipinski definition) is 5. The highest BCUT2D eigenvalue weighted by atomic mass is 16.5. The molecule has 0 aromatic heterocycles. The van der Waals surface area contributed by atoms with Gasteiger partial charge in [0.05, 0.1) is 44.0 Å². The zero-order chi connectivity index (χ0) is 31.4. The van der Waals surface area contributed by atoms with Crippen LogP contribution < -0.4 is 21.3 Å². The number of aliphatic hydroxyl groups excluding tert-OH is 1. The molecule has 4 heterocycles. The molecule has 4 aliphatic heterocycles. The lowest BCUT2D eigenvalue weighted by atomic mass is 9.74. The molecule has 0 aromatic carbocycles. The van der Waals surface area contributed by atoms with Gasteiger partial charge in [0.25, 0.3) is 0 Å². The van der Waals surface area contributed by atoms with Crippen molar-refractivity contribution in [2.45, 2.75) is 121 Å². The Morgan fingerprint density at radius 3 is 2.56 bits per heavy atom. The smallest absolute Gasteiger partial charge is 0.223 e. The third-order valence-corrected chi connectivity index (χ3v) is 11.7. The van der Waals surface area contributed by atoms with Crippen LogP contribution in [0.15, 0.2) is 0 Å². The molecule has 4 saturated heterocycles. The zero-order valence-corrected chi connectivity index (χ0v) is 28.4. The summed E-state index contributed by atoms with van der Waals surface area (Å²) >= 11 is 0. The average molecular weight is 634 g/mol. The van der Waals surface area contributed by atoms with Crippen molar-refractivity contribution in [1.82, 2.24) is 36.0 Å². The molecule has 7 unspecified atom stereocenters. The summed E-state index contributed by atoms with van der Waals surface area (Å²) in [6, 6.07) is 0.570. The number of piperazine rings is 1. The quantitative estimate of drug-likeness (QED) is 0.227. The molecule has 1 amide bonds. The molecular weight excluding hydrogens is 570 g/mol. The van der Waals surface area contributed by atoms with Crippen LogP contribution in [-0.2, 0) is 14.3 Å². The second kappa shape index (κ2) is 15.6. The molecule has 2 aliphatic carbocycles. The molecule has 6 fully saturated rings. The number of hydrogen-bond acceptors (Lipinski definition) is 10. The van der Waals surface area contributed by atoms with E-state index in [2.05, 4.69) is 56.7 Å². The number of nitrogens with one attached hydrogen (secondary N) is 4. The Balaban J connectivity index is 0.929. The fourth-order valence-electron chi connectivity index (χ4n) is 8.66. The third-order valence-electron chi connectivity index (χ3n) is 11.7. The van der Waals surface area contributed by atoms with Gasteiger partial charge in [-0.2, -0.15) is 0 Å².